The van der Waals surface area contributed by atoms with Crippen molar-refractivity contribution < 1.29 is 19.1 Å². The number of isocyanates is 1. The molecule has 0 aliphatic carbocycles. The molecule has 0 atom stereocenters. The smallest absolute Gasteiger partial charge is 0.427 e. The molecule has 194 valence electrons. The summed E-state index contributed by atoms with van der Waals surface area (Å²) in [5.74, 6) is 1.70. The number of nitrogens with two attached hydrogens (primary N) is 1. The van der Waals surface area contributed by atoms with E-state index >= 15 is 0 Å². The topological polar surface area (TPSA) is 138 Å². The largest absolute Gasteiger partial charge is 0.568 e. The number of hydrogen-bond acceptors (Lipinski definition) is 7. The van der Waals surface area contributed by atoms with Crippen LogP contribution in [-0.4, -0.2) is 36.1 Å². The van der Waals surface area contributed by atoms with E-state index in [1.54, 1.807) is 19.1 Å². The van der Waals surface area contributed by atoms with Crippen molar-refractivity contribution in [1.29, 1.82) is 0 Å². The molecule has 0 spiro atoms. The van der Waals surface area contributed by atoms with Crippen LogP contribution in [0.15, 0.2) is 36.4 Å². The van der Waals surface area contributed by atoms with Crippen molar-refractivity contribution in [2.75, 3.05) is 5.73 Å². The van der Waals surface area contributed by atoms with E-state index in [1.165, 1.54) is 0 Å². The fourth-order valence-corrected chi connectivity index (χ4v) is 4.57. The first-order chi connectivity index (χ1) is 17.8. The lowest BCUT2D eigenvalue weighted by atomic mass is 10.1. The van der Waals surface area contributed by atoms with Crippen LogP contribution in [0.3, 0.4) is 0 Å². The van der Waals surface area contributed by atoms with Gasteiger partial charge in [0.15, 0.2) is 5.82 Å². The molecule has 2 aromatic carbocycles. The molecule has 0 unspecified atom stereocenters. The van der Waals surface area contributed by atoms with Gasteiger partial charge in [0.25, 0.3) is 0 Å². The quantitative estimate of drug-likeness (QED) is 0.132. The van der Waals surface area contributed by atoms with Gasteiger partial charge in [-0.1, -0.05) is 39.3 Å². The third-order valence-corrected chi connectivity index (χ3v) is 6.29. The number of fused-ring (bicyclic) bond motifs is 3. The molecule has 9 nitrogen and oxygen atoms in total. The molecule has 0 aliphatic heterocycles. The van der Waals surface area contributed by atoms with Gasteiger partial charge >= 0.3 is 20.4 Å². The molecule has 4 aromatic rings. The number of anilines is 1. The van der Waals surface area contributed by atoms with Crippen LogP contribution in [0.5, 0.6) is 5.75 Å². The molecule has 0 amide bonds. The number of nitrogens with zero attached hydrogens (tertiary/aromatic N) is 4. The predicted molar refractivity (Wildman–Crippen MR) is 149 cm³/mol. The van der Waals surface area contributed by atoms with E-state index in [9.17, 15) is 14.6 Å². The number of carbonyl (C=O) groups excluding carboxylic acids is 1. The normalized spacial score (nSPS) is 10.7. The molecule has 2 aromatic heterocycles. The minimum absolute atomic E-state index is 0.363. The minimum Gasteiger partial charge on any atom is -0.427 e. The fourth-order valence-electron chi connectivity index (χ4n) is 4.19. The molecular weight excluding hydrogens is 489 g/mol. The Balaban J connectivity index is 0.00000186. The van der Waals surface area contributed by atoms with Gasteiger partial charge in [-0.15, -0.1) is 4.79 Å². The van der Waals surface area contributed by atoms with Gasteiger partial charge < -0.3 is 24.6 Å². The highest BCUT2D eigenvalue weighted by Crippen LogP contribution is 2.33. The average molecular weight is 523 g/mol. The second-order valence-electron chi connectivity index (χ2n) is 8.38. The number of aromatic nitrogens is 3. The Morgan fingerprint density at radius 3 is 2.59 bits per heavy atom. The third-order valence-electron chi connectivity index (χ3n) is 5.93. The first kappa shape index (κ1) is 28.0. The second kappa shape index (κ2) is 12.6. The summed E-state index contributed by atoms with van der Waals surface area (Å²) in [6.07, 6.45) is 4.38. The van der Waals surface area contributed by atoms with Gasteiger partial charge in [-0.05, 0) is 48.7 Å². The highest BCUT2D eigenvalue weighted by molar-refractivity contribution is 7.39. The summed E-state index contributed by atoms with van der Waals surface area (Å²) in [5.41, 5.74) is 11.7. The Bertz CT molecular complexity index is 1500. The molecule has 4 N–H and O–H groups in total. The lowest BCUT2D eigenvalue weighted by Crippen LogP contribution is -2.07. The summed E-state index contributed by atoms with van der Waals surface area (Å²) < 4.78 is 11.0. The molecule has 0 radical (unpaired) electrons. The monoisotopic (exact) mass is 522 g/mol. The first-order valence-corrected chi connectivity index (χ1v) is 13.4. The molecule has 10 heteroatoms. The van der Waals surface area contributed by atoms with Crippen molar-refractivity contribution in [3.8, 4) is 5.75 Å². The van der Waals surface area contributed by atoms with Gasteiger partial charge in [0.05, 0.1) is 16.6 Å². The molecule has 2 heterocycles. The van der Waals surface area contributed by atoms with Crippen LogP contribution in [-0.2, 0) is 17.8 Å². The molecular formula is C27H33N5O4P+. The number of hydrogen-bond donors (Lipinski definition) is 3. The van der Waals surface area contributed by atoms with Crippen molar-refractivity contribution in [2.45, 2.75) is 60.4 Å². The number of nitrogen functional groups attached to an aromatic ring is 1. The zero-order valence-corrected chi connectivity index (χ0v) is 22.7. The number of aryl methyl sites for hydroxylation is 2. The van der Waals surface area contributed by atoms with Crippen LogP contribution in [0.4, 0.5) is 5.82 Å². The van der Waals surface area contributed by atoms with Crippen LogP contribution in [0, 0.1) is 6.92 Å². The molecule has 37 heavy (non-hydrogen) atoms. The van der Waals surface area contributed by atoms with Crippen molar-refractivity contribution in [3.63, 3.8) is 0 Å². The Morgan fingerprint density at radius 2 is 1.95 bits per heavy atom. The third kappa shape index (κ3) is 6.23. The number of imidazole rings is 1. The summed E-state index contributed by atoms with van der Waals surface area (Å²) in [7, 11) is -2.48. The van der Waals surface area contributed by atoms with Gasteiger partial charge in [-0.3, -0.25) is 0 Å². The molecule has 4 rings (SSSR count). The van der Waals surface area contributed by atoms with E-state index in [0.29, 0.717) is 29.3 Å². The van der Waals surface area contributed by atoms with E-state index < -0.39 is 8.60 Å². The number of benzene rings is 2. The summed E-state index contributed by atoms with van der Waals surface area (Å²) in [4.78, 5) is 38.6. The lowest BCUT2D eigenvalue weighted by molar-refractivity contribution is 0.374. The Kier molecular flexibility index (Phi) is 9.54. The van der Waals surface area contributed by atoms with E-state index in [0.717, 1.165) is 58.2 Å². The fraction of sp³-hybridized carbons (Fsp3) is 0.333. The number of rotatable bonds is 8. The first-order valence-electron chi connectivity index (χ1n) is 12.3. The zero-order chi connectivity index (χ0) is 27.1. The molecule has 0 aliphatic rings. The summed E-state index contributed by atoms with van der Waals surface area (Å²) in [6.45, 7) is 10.3. The van der Waals surface area contributed by atoms with Gasteiger partial charge in [0.2, 0.25) is 0 Å². The molecule has 0 fully saturated rings. The molecule has 0 saturated carbocycles. The van der Waals surface area contributed by atoms with Gasteiger partial charge in [-0.2, -0.15) is 0 Å². The van der Waals surface area contributed by atoms with Crippen LogP contribution < -0.4 is 14.9 Å². The number of unbranched alkanes of at least 4 members (excludes halogenated alkanes) is 1. The van der Waals surface area contributed by atoms with Crippen LogP contribution in [0.2, 0.25) is 0 Å². The number of pyridine rings is 1. The summed E-state index contributed by atoms with van der Waals surface area (Å²) in [6, 6.07) is 11.3. The van der Waals surface area contributed by atoms with Crippen LogP contribution >= 0.6 is 8.60 Å². The molecule has 0 saturated heterocycles. The Hall–Kier alpha value is -3.57. The maximum absolute atomic E-state index is 10.8. The lowest BCUT2D eigenvalue weighted by Gasteiger charge is -2.14. The van der Waals surface area contributed by atoms with Gasteiger partial charge in [0, 0.05) is 29.9 Å². The molecule has 0 bridgehead atoms. The van der Waals surface area contributed by atoms with Crippen LogP contribution in [0.1, 0.15) is 63.1 Å². The average Bonchev–Trinajstić information content (AvgIpc) is 3.24. The van der Waals surface area contributed by atoms with E-state index in [-0.39, 0.29) is 0 Å². The summed E-state index contributed by atoms with van der Waals surface area (Å²) >= 11 is 0. The Morgan fingerprint density at radius 1 is 1.19 bits per heavy atom. The minimum atomic E-state index is -2.48. The maximum atomic E-state index is 10.8. The van der Waals surface area contributed by atoms with Crippen molar-refractivity contribution >= 4 is 48.1 Å². The predicted octanol–water partition coefficient (Wildman–Crippen LogP) is 4.69. The SMILES string of the molecule is CC.CCCCc1nc2c(N)nc3ccc(C(C)=[N+]=C=O)cc3c2n1Cc1ccc(OP(O)O)c(C)c1. The highest BCUT2D eigenvalue weighted by atomic mass is 31.2. The second-order valence-corrected chi connectivity index (χ2v) is 9.06. The van der Waals surface area contributed by atoms with E-state index in [4.69, 9.17) is 15.2 Å². The Labute approximate surface area is 217 Å². The van der Waals surface area contributed by atoms with Crippen LogP contribution in [0.25, 0.3) is 21.9 Å². The summed E-state index contributed by atoms with van der Waals surface area (Å²) in [5, 5.41) is 0.866. The standard InChI is InChI=1S/C25H26N5O4P.C2H6/c1-4-5-6-22-29-23-24(30(22)13-17-7-10-21(15(2)11-17)34-35(32)33)19-12-18(16(3)27-14-31)8-9-20(19)28-25(23)26;1-2/h7-12,26,32-33H,4-6,13H2,1-3H3;1-2H3/p+1. The van der Waals surface area contributed by atoms with Gasteiger partial charge in [0.1, 0.15) is 17.1 Å². The van der Waals surface area contributed by atoms with Crippen molar-refractivity contribution in [1.82, 2.24) is 19.2 Å². The van der Waals surface area contributed by atoms with E-state index in [1.807, 2.05) is 51.1 Å². The zero-order valence-electron chi connectivity index (χ0n) is 21.8. The van der Waals surface area contributed by atoms with Crippen molar-refractivity contribution in [3.05, 3.63) is 58.9 Å². The highest BCUT2D eigenvalue weighted by Gasteiger charge is 2.19. The van der Waals surface area contributed by atoms with E-state index in [2.05, 4.69) is 21.1 Å². The van der Waals surface area contributed by atoms with Gasteiger partial charge in [-0.25, -0.2) is 9.97 Å². The maximum Gasteiger partial charge on any atom is 0.568 e. The van der Waals surface area contributed by atoms with Crippen molar-refractivity contribution in [2.24, 2.45) is 0 Å².